The van der Waals surface area contributed by atoms with Crippen LogP contribution in [0.1, 0.15) is 41.8 Å². The molecule has 10 heteroatoms. The Morgan fingerprint density at radius 3 is 2.52 bits per heavy atom. The van der Waals surface area contributed by atoms with Crippen LogP contribution in [-0.2, 0) is 11.3 Å². The maximum Gasteiger partial charge on any atom is 0.271 e. The number of aromatic hydroxyl groups is 1. The third-order valence-corrected chi connectivity index (χ3v) is 4.47. The first-order chi connectivity index (χ1) is 14.7. The summed E-state index contributed by atoms with van der Waals surface area (Å²) in [5, 5.41) is 30.7. The number of nitro benzene ring substituents is 1. The molecule has 1 heterocycles. The van der Waals surface area contributed by atoms with Crippen molar-refractivity contribution in [2.24, 2.45) is 0 Å². The summed E-state index contributed by atoms with van der Waals surface area (Å²) in [6, 6.07) is 6.94. The van der Waals surface area contributed by atoms with Gasteiger partial charge in [-0.1, -0.05) is 0 Å². The summed E-state index contributed by atoms with van der Waals surface area (Å²) in [6.45, 7) is 5.05. The van der Waals surface area contributed by atoms with Gasteiger partial charge in [-0.15, -0.1) is 0 Å². The quantitative estimate of drug-likeness (QED) is 0.263. The first-order valence-corrected chi connectivity index (χ1v) is 9.55. The Morgan fingerprint density at radius 1 is 1.32 bits per heavy atom. The number of aromatic nitrogens is 1. The van der Waals surface area contributed by atoms with E-state index in [2.05, 4.69) is 0 Å². The smallest absolute Gasteiger partial charge is 0.271 e. The van der Waals surface area contributed by atoms with Gasteiger partial charge in [0.1, 0.15) is 17.4 Å². The summed E-state index contributed by atoms with van der Waals surface area (Å²) in [7, 11) is 0. The van der Waals surface area contributed by atoms with E-state index in [1.807, 2.05) is 13.8 Å². The van der Waals surface area contributed by atoms with Crippen LogP contribution in [0.3, 0.4) is 0 Å². The summed E-state index contributed by atoms with van der Waals surface area (Å²) < 4.78 is 11.8. The van der Waals surface area contributed by atoms with E-state index in [1.54, 1.807) is 6.07 Å². The van der Waals surface area contributed by atoms with E-state index < -0.39 is 28.8 Å². The van der Waals surface area contributed by atoms with Crippen LogP contribution in [-0.4, -0.2) is 39.7 Å². The third kappa shape index (κ3) is 5.67. The van der Waals surface area contributed by atoms with Gasteiger partial charge in [-0.2, -0.15) is 5.26 Å². The number of carbonyl (C=O) groups is 1. The molecule has 0 saturated carbocycles. The number of benzene rings is 1. The molecule has 1 aromatic heterocycles. The molecule has 0 atom stereocenters. The Hall–Kier alpha value is -3.71. The number of rotatable bonds is 10. The highest BCUT2D eigenvalue weighted by Crippen LogP contribution is 2.24. The zero-order chi connectivity index (χ0) is 23.1. The summed E-state index contributed by atoms with van der Waals surface area (Å²) in [6.07, 6.45) is 0.402. The summed E-state index contributed by atoms with van der Waals surface area (Å²) >= 11 is 0. The van der Waals surface area contributed by atoms with E-state index in [0.29, 0.717) is 13.0 Å². The normalized spacial score (nSPS) is 10.7. The van der Waals surface area contributed by atoms with Crippen LogP contribution >= 0.6 is 0 Å². The Balaban J connectivity index is 2.26. The maximum atomic E-state index is 12.7. The van der Waals surface area contributed by atoms with Crippen molar-refractivity contribution >= 4 is 11.5 Å². The SMILES string of the molecule is Cc1c(C(=O)COc2ccc([N+](=O)[O-])cc2)c(O)n(CCCOC(C)C)c(=O)c1C#N. The molecule has 0 unspecified atom stereocenters. The molecular weight excluding hydrogens is 406 g/mol. The molecule has 2 aromatic rings. The van der Waals surface area contributed by atoms with Crippen LogP contribution in [0, 0.1) is 28.4 Å². The predicted molar refractivity (Wildman–Crippen MR) is 110 cm³/mol. The first-order valence-electron chi connectivity index (χ1n) is 9.55. The molecular formula is C21H23N3O7. The molecule has 0 radical (unpaired) electrons. The van der Waals surface area contributed by atoms with Gasteiger partial charge in [0.15, 0.2) is 6.61 Å². The van der Waals surface area contributed by atoms with E-state index >= 15 is 0 Å². The molecule has 1 N–H and O–H groups in total. The second-order valence-electron chi connectivity index (χ2n) is 7.00. The summed E-state index contributed by atoms with van der Waals surface area (Å²) in [4.78, 5) is 35.4. The standard InChI is InChI=1S/C21H23N3O7/c1-13(2)30-10-4-9-23-20(26)17(11-22)14(3)19(21(23)27)18(25)12-31-16-7-5-15(6-8-16)24(28)29/h5-8,13,27H,4,9-10,12H2,1-3H3. The Morgan fingerprint density at radius 2 is 1.97 bits per heavy atom. The predicted octanol–water partition coefficient (Wildman–Crippen LogP) is 2.72. The molecule has 0 aliphatic heterocycles. The molecule has 164 valence electrons. The number of non-ortho nitro benzene ring substituents is 1. The number of carbonyl (C=O) groups excluding carboxylic acids is 1. The summed E-state index contributed by atoms with van der Waals surface area (Å²) in [5.74, 6) is -0.962. The molecule has 31 heavy (non-hydrogen) atoms. The van der Waals surface area contributed by atoms with Crippen molar-refractivity contribution in [3.05, 3.63) is 61.4 Å². The lowest BCUT2D eigenvalue weighted by atomic mass is 10.0. The molecule has 0 spiro atoms. The van der Waals surface area contributed by atoms with Crippen molar-refractivity contribution < 1.29 is 24.3 Å². The third-order valence-electron chi connectivity index (χ3n) is 4.47. The van der Waals surface area contributed by atoms with E-state index in [4.69, 9.17) is 9.47 Å². The van der Waals surface area contributed by atoms with Gasteiger partial charge in [0.2, 0.25) is 11.7 Å². The van der Waals surface area contributed by atoms with E-state index in [0.717, 1.165) is 4.57 Å². The van der Waals surface area contributed by atoms with Gasteiger partial charge < -0.3 is 14.6 Å². The molecule has 0 aliphatic rings. The van der Waals surface area contributed by atoms with E-state index in [9.17, 15) is 30.1 Å². The molecule has 0 bridgehead atoms. The fraction of sp³-hybridized carbons (Fsp3) is 0.381. The zero-order valence-electron chi connectivity index (χ0n) is 17.5. The zero-order valence-corrected chi connectivity index (χ0v) is 17.5. The van der Waals surface area contributed by atoms with E-state index in [1.165, 1.54) is 31.2 Å². The monoisotopic (exact) mass is 429 g/mol. The Labute approximate surface area is 178 Å². The van der Waals surface area contributed by atoms with Crippen molar-refractivity contribution in [2.45, 2.75) is 39.8 Å². The number of Topliss-reactive ketones (excluding diaryl/α,β-unsaturated/α-hetero) is 1. The van der Waals surface area contributed by atoms with Gasteiger partial charge >= 0.3 is 0 Å². The highest BCUT2D eigenvalue weighted by molar-refractivity contribution is 6.01. The van der Waals surface area contributed by atoms with Gasteiger partial charge in [0.05, 0.1) is 16.6 Å². The second kappa shape index (κ2) is 10.4. The fourth-order valence-corrected chi connectivity index (χ4v) is 2.92. The minimum Gasteiger partial charge on any atom is -0.494 e. The average Bonchev–Trinajstić information content (AvgIpc) is 2.72. The van der Waals surface area contributed by atoms with Crippen molar-refractivity contribution in [1.82, 2.24) is 4.57 Å². The molecule has 0 amide bonds. The largest absolute Gasteiger partial charge is 0.494 e. The van der Waals surface area contributed by atoms with E-state index in [-0.39, 0.29) is 40.8 Å². The molecule has 0 fully saturated rings. The second-order valence-corrected chi connectivity index (χ2v) is 7.00. The lowest BCUT2D eigenvalue weighted by Crippen LogP contribution is -2.28. The lowest BCUT2D eigenvalue weighted by Gasteiger charge is -2.16. The highest BCUT2D eigenvalue weighted by atomic mass is 16.6. The fourth-order valence-electron chi connectivity index (χ4n) is 2.92. The van der Waals surface area contributed by atoms with Crippen LogP contribution < -0.4 is 10.3 Å². The number of ether oxygens (including phenoxy) is 2. The van der Waals surface area contributed by atoms with Crippen molar-refractivity contribution in [3.8, 4) is 17.7 Å². The van der Waals surface area contributed by atoms with Gasteiger partial charge in [0, 0.05) is 25.3 Å². The van der Waals surface area contributed by atoms with Gasteiger partial charge in [0.25, 0.3) is 11.2 Å². The number of hydrogen-bond acceptors (Lipinski definition) is 8. The average molecular weight is 429 g/mol. The van der Waals surface area contributed by atoms with Crippen molar-refractivity contribution in [3.63, 3.8) is 0 Å². The van der Waals surface area contributed by atoms with Crippen molar-refractivity contribution in [1.29, 1.82) is 5.26 Å². The molecule has 10 nitrogen and oxygen atoms in total. The highest BCUT2D eigenvalue weighted by Gasteiger charge is 2.24. The topological polar surface area (TPSA) is 145 Å². The van der Waals surface area contributed by atoms with Crippen LogP contribution in [0.15, 0.2) is 29.1 Å². The number of hydrogen-bond donors (Lipinski definition) is 1. The van der Waals surface area contributed by atoms with Crippen LogP contribution in [0.25, 0.3) is 0 Å². The molecule has 2 rings (SSSR count). The molecule has 1 aromatic carbocycles. The number of pyridine rings is 1. The summed E-state index contributed by atoms with van der Waals surface area (Å²) in [5.41, 5.74) is -1.16. The maximum absolute atomic E-state index is 12.7. The number of nitro groups is 1. The Kier molecular flexibility index (Phi) is 7.88. The minimum atomic E-state index is -0.685. The van der Waals surface area contributed by atoms with Gasteiger partial charge in [-0.3, -0.25) is 24.3 Å². The Bertz CT molecular complexity index is 1070. The van der Waals surface area contributed by atoms with Gasteiger partial charge in [-0.25, -0.2) is 0 Å². The lowest BCUT2D eigenvalue weighted by molar-refractivity contribution is -0.384. The van der Waals surface area contributed by atoms with Crippen LogP contribution in [0.4, 0.5) is 5.69 Å². The van der Waals surface area contributed by atoms with Crippen molar-refractivity contribution in [2.75, 3.05) is 13.2 Å². The minimum absolute atomic E-state index is 0.00622. The number of ketones is 1. The number of nitriles is 1. The molecule has 0 saturated heterocycles. The number of nitrogens with zero attached hydrogens (tertiary/aromatic N) is 3. The molecule has 0 aliphatic carbocycles. The van der Waals surface area contributed by atoms with Crippen LogP contribution in [0.2, 0.25) is 0 Å². The van der Waals surface area contributed by atoms with Gasteiger partial charge in [-0.05, 0) is 44.9 Å². The first kappa shape index (κ1) is 23.6. The van der Waals surface area contributed by atoms with Crippen LogP contribution in [0.5, 0.6) is 11.6 Å².